The van der Waals surface area contributed by atoms with Gasteiger partial charge in [0.2, 0.25) is 5.91 Å². The van der Waals surface area contributed by atoms with Crippen LogP contribution in [0.5, 0.6) is 0 Å². The Morgan fingerprint density at radius 1 is 1.19 bits per heavy atom. The Labute approximate surface area is 158 Å². The van der Waals surface area contributed by atoms with Crippen molar-refractivity contribution in [1.29, 1.82) is 0 Å². The Kier molecular flexibility index (Phi) is 6.81. The van der Waals surface area contributed by atoms with Crippen LogP contribution in [-0.4, -0.2) is 30.4 Å². The van der Waals surface area contributed by atoms with E-state index < -0.39 is 5.97 Å². The van der Waals surface area contributed by atoms with Crippen molar-refractivity contribution >= 4 is 34.1 Å². The highest BCUT2D eigenvalue weighted by Crippen LogP contribution is 2.33. The summed E-state index contributed by atoms with van der Waals surface area (Å²) < 4.78 is 5.21. The van der Waals surface area contributed by atoms with Gasteiger partial charge in [0, 0.05) is 17.8 Å². The Bertz CT molecular complexity index is 698. The topological polar surface area (TPSA) is 84.5 Å². The molecule has 2 amide bonds. The van der Waals surface area contributed by atoms with Gasteiger partial charge in [-0.1, -0.05) is 26.7 Å². The molecule has 0 bridgehead atoms. The van der Waals surface area contributed by atoms with E-state index in [0.29, 0.717) is 22.4 Å². The van der Waals surface area contributed by atoms with E-state index in [1.807, 2.05) is 6.92 Å². The lowest BCUT2D eigenvalue weighted by Crippen LogP contribution is -2.45. The minimum atomic E-state index is -0.587. The number of nitrogens with one attached hydrogen (secondary N) is 2. The first kappa shape index (κ1) is 20.4. The van der Waals surface area contributed by atoms with E-state index in [9.17, 15) is 14.4 Å². The van der Waals surface area contributed by atoms with Crippen molar-refractivity contribution in [1.82, 2.24) is 5.32 Å². The fraction of sp³-hybridized carbons (Fsp3) is 0.632. The van der Waals surface area contributed by atoms with Gasteiger partial charge in [-0.2, -0.15) is 0 Å². The Hall–Kier alpha value is -1.89. The molecule has 26 heavy (non-hydrogen) atoms. The molecule has 3 atom stereocenters. The van der Waals surface area contributed by atoms with E-state index in [1.165, 1.54) is 24.7 Å². The SMILES string of the molecule is CC(=O)Nc1sc(C)c(C)c1C(=O)OCC(=O)N[C@H]1CCC[C@@H](C)[C@@H]1C. The molecule has 2 rings (SSSR count). The smallest absolute Gasteiger partial charge is 0.341 e. The van der Waals surface area contributed by atoms with Gasteiger partial charge in [0.05, 0.1) is 5.56 Å². The van der Waals surface area contributed by atoms with E-state index in [4.69, 9.17) is 4.74 Å². The van der Waals surface area contributed by atoms with Crippen molar-refractivity contribution < 1.29 is 19.1 Å². The Balaban J connectivity index is 1.96. The third-order valence-electron chi connectivity index (χ3n) is 5.27. The molecular formula is C19H28N2O4S. The maximum atomic E-state index is 12.4. The molecule has 1 fully saturated rings. The number of anilines is 1. The number of carbonyl (C=O) groups excluding carboxylic acids is 3. The summed E-state index contributed by atoms with van der Waals surface area (Å²) in [5, 5.41) is 6.11. The number of rotatable bonds is 5. The first-order valence-corrected chi connectivity index (χ1v) is 9.86. The fourth-order valence-electron chi connectivity index (χ4n) is 3.36. The van der Waals surface area contributed by atoms with E-state index >= 15 is 0 Å². The lowest BCUT2D eigenvalue weighted by Gasteiger charge is -2.34. The largest absolute Gasteiger partial charge is 0.452 e. The highest BCUT2D eigenvalue weighted by Gasteiger charge is 2.28. The summed E-state index contributed by atoms with van der Waals surface area (Å²) in [6, 6.07) is 0.130. The lowest BCUT2D eigenvalue weighted by atomic mass is 9.78. The zero-order valence-corrected chi connectivity index (χ0v) is 16.9. The second-order valence-electron chi connectivity index (χ2n) is 7.19. The number of hydrogen-bond acceptors (Lipinski definition) is 5. The number of carbonyl (C=O) groups is 3. The molecule has 2 N–H and O–H groups in total. The van der Waals surface area contributed by atoms with E-state index in [-0.39, 0.29) is 24.5 Å². The highest BCUT2D eigenvalue weighted by molar-refractivity contribution is 7.16. The van der Waals surface area contributed by atoms with Gasteiger partial charge in [0.25, 0.3) is 5.91 Å². The monoisotopic (exact) mass is 380 g/mol. The molecule has 0 aromatic carbocycles. The van der Waals surface area contributed by atoms with Crippen LogP contribution >= 0.6 is 11.3 Å². The van der Waals surface area contributed by atoms with Crippen molar-refractivity contribution in [3.63, 3.8) is 0 Å². The predicted octanol–water partition coefficient (Wildman–Crippen LogP) is 3.42. The molecule has 1 aliphatic rings. The second kappa shape index (κ2) is 8.66. The summed E-state index contributed by atoms with van der Waals surface area (Å²) in [5.41, 5.74) is 1.09. The van der Waals surface area contributed by atoms with Crippen LogP contribution in [0.3, 0.4) is 0 Å². The summed E-state index contributed by atoms with van der Waals surface area (Å²) in [4.78, 5) is 36.9. The number of hydrogen-bond donors (Lipinski definition) is 2. The number of esters is 1. The van der Waals surface area contributed by atoms with Crippen molar-refractivity contribution in [3.8, 4) is 0 Å². The number of amides is 2. The van der Waals surface area contributed by atoms with Crippen LogP contribution in [0.15, 0.2) is 0 Å². The maximum absolute atomic E-state index is 12.4. The Morgan fingerprint density at radius 3 is 2.54 bits per heavy atom. The minimum absolute atomic E-state index is 0.130. The summed E-state index contributed by atoms with van der Waals surface area (Å²) in [6.45, 7) is 9.11. The van der Waals surface area contributed by atoms with Gasteiger partial charge >= 0.3 is 5.97 Å². The molecule has 6 nitrogen and oxygen atoms in total. The van der Waals surface area contributed by atoms with Gasteiger partial charge < -0.3 is 15.4 Å². The summed E-state index contributed by atoms with van der Waals surface area (Å²) in [7, 11) is 0. The Morgan fingerprint density at radius 2 is 1.88 bits per heavy atom. The van der Waals surface area contributed by atoms with Gasteiger partial charge in [0.15, 0.2) is 6.61 Å². The number of aryl methyl sites for hydroxylation is 1. The molecule has 1 saturated carbocycles. The standard InChI is InChI=1S/C19H28N2O4S/c1-10-7-6-8-15(11(10)2)21-16(23)9-25-19(24)17-12(3)13(4)26-18(17)20-14(5)22/h10-11,15H,6-9H2,1-5H3,(H,20,22)(H,21,23)/t10-,11+,15+/m1/s1. The van der Waals surface area contributed by atoms with Crippen LogP contribution in [0.4, 0.5) is 5.00 Å². The zero-order chi connectivity index (χ0) is 19.4. The molecule has 1 aromatic rings. The van der Waals surface area contributed by atoms with Crippen LogP contribution in [0, 0.1) is 25.7 Å². The molecular weight excluding hydrogens is 352 g/mol. The average Bonchev–Trinajstić information content (AvgIpc) is 2.83. The molecule has 1 heterocycles. The van der Waals surface area contributed by atoms with Gasteiger partial charge in [-0.25, -0.2) is 4.79 Å². The molecule has 1 aromatic heterocycles. The van der Waals surface area contributed by atoms with Crippen molar-refractivity contribution in [2.45, 2.75) is 59.9 Å². The highest BCUT2D eigenvalue weighted by atomic mass is 32.1. The van der Waals surface area contributed by atoms with Crippen LogP contribution in [0.25, 0.3) is 0 Å². The zero-order valence-electron chi connectivity index (χ0n) is 16.1. The van der Waals surface area contributed by atoms with Gasteiger partial charge in [-0.05, 0) is 37.7 Å². The van der Waals surface area contributed by atoms with Gasteiger partial charge in [-0.3, -0.25) is 9.59 Å². The average molecular weight is 381 g/mol. The first-order valence-electron chi connectivity index (χ1n) is 9.04. The second-order valence-corrected chi connectivity index (χ2v) is 8.41. The third kappa shape index (κ3) is 4.84. The molecule has 1 aliphatic carbocycles. The van der Waals surface area contributed by atoms with E-state index in [2.05, 4.69) is 24.5 Å². The van der Waals surface area contributed by atoms with Crippen molar-refractivity contribution in [2.75, 3.05) is 11.9 Å². The molecule has 0 saturated heterocycles. The first-order chi connectivity index (χ1) is 12.2. The van der Waals surface area contributed by atoms with Crippen LogP contribution < -0.4 is 10.6 Å². The summed E-state index contributed by atoms with van der Waals surface area (Å²) >= 11 is 1.33. The minimum Gasteiger partial charge on any atom is -0.452 e. The molecule has 0 aliphatic heterocycles. The van der Waals surface area contributed by atoms with E-state index in [0.717, 1.165) is 23.3 Å². The fourth-order valence-corrected chi connectivity index (χ4v) is 4.45. The maximum Gasteiger partial charge on any atom is 0.341 e. The normalized spacial score (nSPS) is 22.6. The van der Waals surface area contributed by atoms with Crippen LogP contribution in [0.1, 0.15) is 60.8 Å². The quantitative estimate of drug-likeness (QED) is 0.767. The van der Waals surface area contributed by atoms with Gasteiger partial charge in [0.1, 0.15) is 5.00 Å². The molecule has 0 radical (unpaired) electrons. The molecule has 0 spiro atoms. The molecule has 0 unspecified atom stereocenters. The third-order valence-corrected chi connectivity index (χ3v) is 6.39. The van der Waals surface area contributed by atoms with Crippen molar-refractivity contribution in [2.24, 2.45) is 11.8 Å². The number of thiophene rings is 1. The summed E-state index contributed by atoms with van der Waals surface area (Å²) in [6.07, 6.45) is 3.25. The van der Waals surface area contributed by atoms with Crippen LogP contribution in [0.2, 0.25) is 0 Å². The molecule has 144 valence electrons. The summed E-state index contributed by atoms with van der Waals surface area (Å²) in [5.74, 6) is -0.131. The molecule has 7 heteroatoms. The van der Waals surface area contributed by atoms with Gasteiger partial charge in [-0.15, -0.1) is 11.3 Å². The van der Waals surface area contributed by atoms with E-state index in [1.54, 1.807) is 6.92 Å². The number of ether oxygens (including phenoxy) is 1. The van der Waals surface area contributed by atoms with Crippen LogP contribution in [-0.2, 0) is 14.3 Å². The predicted molar refractivity (Wildman–Crippen MR) is 102 cm³/mol. The lowest BCUT2D eigenvalue weighted by molar-refractivity contribution is -0.125. The van der Waals surface area contributed by atoms with Crippen molar-refractivity contribution in [3.05, 3.63) is 16.0 Å².